The van der Waals surface area contributed by atoms with Crippen molar-refractivity contribution in [3.05, 3.63) is 24.6 Å². The van der Waals surface area contributed by atoms with Crippen LogP contribution in [0.25, 0.3) is 0 Å². The Hall–Kier alpha value is -0.342. The molecule has 152 valence electrons. The fourth-order valence-electron chi connectivity index (χ4n) is 2.62. The van der Waals surface area contributed by atoms with Gasteiger partial charge in [-0.3, -0.25) is 0 Å². The maximum absolute atomic E-state index is 10.9. The standard InChI is InChI=1S/C16H36O6Si4/c1-11-23(5,6)20-24(7,8)21-25(9,10)22-26(18-4,14-12-13-17)15-19-16(2)3/h11,13H,1-2,12,14-15H2,3-10H3. The summed E-state index contributed by atoms with van der Waals surface area (Å²) in [4.78, 5) is 10.9. The summed E-state index contributed by atoms with van der Waals surface area (Å²) in [7, 11) is -8.15. The fourth-order valence-corrected chi connectivity index (χ4v) is 19.9. The van der Waals surface area contributed by atoms with E-state index in [1.54, 1.807) is 14.0 Å². The fraction of sp³-hybridized carbons (Fsp3) is 0.688. The van der Waals surface area contributed by atoms with Crippen LogP contribution >= 0.6 is 0 Å². The van der Waals surface area contributed by atoms with Crippen molar-refractivity contribution < 1.29 is 26.3 Å². The van der Waals surface area contributed by atoms with Crippen LogP contribution in [0, 0.1) is 0 Å². The molecular weight excluding hydrogens is 401 g/mol. The van der Waals surface area contributed by atoms with Gasteiger partial charge in [0.2, 0.25) is 0 Å². The predicted octanol–water partition coefficient (Wildman–Crippen LogP) is 4.14. The van der Waals surface area contributed by atoms with Crippen LogP contribution in [0.1, 0.15) is 13.3 Å². The van der Waals surface area contributed by atoms with Gasteiger partial charge in [0.25, 0.3) is 0 Å². The topological polar surface area (TPSA) is 63.2 Å². The number of allylic oxidation sites excluding steroid dienone is 1. The van der Waals surface area contributed by atoms with Crippen LogP contribution in [0.3, 0.4) is 0 Å². The molecule has 6 nitrogen and oxygen atoms in total. The van der Waals surface area contributed by atoms with E-state index in [1.807, 2.05) is 31.9 Å². The molecule has 1 atom stereocenters. The lowest BCUT2D eigenvalue weighted by atomic mass is 10.6. The largest absolute Gasteiger partial charge is 0.497 e. The molecule has 0 heterocycles. The van der Waals surface area contributed by atoms with E-state index in [4.69, 9.17) is 21.5 Å². The molecule has 26 heavy (non-hydrogen) atoms. The second-order valence-electron chi connectivity index (χ2n) is 7.72. The highest BCUT2D eigenvalue weighted by atomic mass is 28.5. The lowest BCUT2D eigenvalue weighted by Gasteiger charge is -2.41. The molecule has 0 aromatic carbocycles. The molecule has 0 aliphatic heterocycles. The third-order valence-electron chi connectivity index (χ3n) is 3.48. The van der Waals surface area contributed by atoms with Crippen LogP contribution in [0.4, 0.5) is 0 Å². The van der Waals surface area contributed by atoms with Gasteiger partial charge in [0.1, 0.15) is 12.5 Å². The van der Waals surface area contributed by atoms with E-state index in [1.165, 1.54) is 0 Å². The van der Waals surface area contributed by atoms with E-state index in [2.05, 4.69) is 26.3 Å². The summed E-state index contributed by atoms with van der Waals surface area (Å²) in [6, 6.07) is 0.510. The van der Waals surface area contributed by atoms with Crippen molar-refractivity contribution in [2.24, 2.45) is 0 Å². The van der Waals surface area contributed by atoms with Crippen molar-refractivity contribution >= 4 is 40.3 Å². The van der Waals surface area contributed by atoms with Gasteiger partial charge in [0.05, 0.1) is 5.76 Å². The molecule has 1 unspecified atom stereocenters. The Labute approximate surface area is 163 Å². The average Bonchev–Trinajstić information content (AvgIpc) is 2.47. The molecule has 0 spiro atoms. The molecule has 0 fully saturated rings. The van der Waals surface area contributed by atoms with E-state index < -0.39 is 34.0 Å². The molecule has 0 radical (unpaired) electrons. The quantitative estimate of drug-likeness (QED) is 0.232. The van der Waals surface area contributed by atoms with Crippen molar-refractivity contribution in [2.45, 2.75) is 58.7 Å². The number of carbonyl (C=O) groups excluding carboxylic acids is 1. The first-order valence-electron chi connectivity index (χ1n) is 8.73. The summed E-state index contributed by atoms with van der Waals surface area (Å²) in [5.74, 6) is 0.589. The van der Waals surface area contributed by atoms with Crippen molar-refractivity contribution in [3.8, 4) is 0 Å². The molecule has 0 saturated heterocycles. The van der Waals surface area contributed by atoms with Crippen LogP contribution in [0.2, 0.25) is 45.3 Å². The van der Waals surface area contributed by atoms with Gasteiger partial charge in [-0.05, 0) is 52.2 Å². The van der Waals surface area contributed by atoms with E-state index in [0.717, 1.165) is 6.29 Å². The number of hydrogen-bond donors (Lipinski definition) is 0. The molecule has 0 bridgehead atoms. The summed E-state index contributed by atoms with van der Waals surface area (Å²) >= 11 is 0. The first-order chi connectivity index (χ1) is 11.7. The van der Waals surface area contributed by atoms with Gasteiger partial charge in [0.15, 0.2) is 8.32 Å². The zero-order chi connectivity index (χ0) is 20.6. The molecular formula is C16H36O6Si4. The highest BCUT2D eigenvalue weighted by molar-refractivity contribution is 6.90. The van der Waals surface area contributed by atoms with Crippen LogP contribution in [-0.4, -0.2) is 53.6 Å². The van der Waals surface area contributed by atoms with E-state index in [0.29, 0.717) is 18.2 Å². The zero-order valence-corrected chi connectivity index (χ0v) is 21.6. The van der Waals surface area contributed by atoms with Gasteiger partial charge in [-0.1, -0.05) is 12.3 Å². The van der Waals surface area contributed by atoms with E-state index in [-0.39, 0.29) is 6.23 Å². The van der Waals surface area contributed by atoms with Gasteiger partial charge < -0.3 is 26.3 Å². The van der Waals surface area contributed by atoms with Crippen LogP contribution in [0.15, 0.2) is 24.6 Å². The molecule has 0 saturated carbocycles. The third kappa shape index (κ3) is 10.1. The molecule has 0 aliphatic rings. The monoisotopic (exact) mass is 436 g/mol. The Morgan fingerprint density at radius 3 is 1.96 bits per heavy atom. The normalized spacial score (nSPS) is 15.2. The molecule has 0 amide bonds. The van der Waals surface area contributed by atoms with E-state index >= 15 is 0 Å². The zero-order valence-electron chi connectivity index (χ0n) is 17.6. The summed E-state index contributed by atoms with van der Waals surface area (Å²) in [6.07, 6.45) is 1.51. The first kappa shape index (κ1) is 25.7. The number of carbonyl (C=O) groups is 1. The smallest absolute Gasteiger partial charge is 0.368 e. The third-order valence-corrected chi connectivity index (χ3v) is 18.3. The van der Waals surface area contributed by atoms with E-state index in [9.17, 15) is 4.79 Å². The minimum atomic E-state index is -2.78. The Morgan fingerprint density at radius 2 is 1.54 bits per heavy atom. The molecule has 10 heteroatoms. The molecule has 0 aliphatic carbocycles. The summed E-state index contributed by atoms with van der Waals surface area (Å²) < 4.78 is 30.6. The average molecular weight is 437 g/mol. The van der Waals surface area contributed by atoms with Crippen molar-refractivity contribution in [2.75, 3.05) is 13.3 Å². The SMILES string of the molecule is C=C[Si](C)(C)O[Si](C)(C)O[Si](C)(C)O[Si](CCC=O)(COC(=C)C)OC. The molecule has 0 aromatic rings. The molecule has 0 N–H and O–H groups in total. The van der Waals surface area contributed by atoms with Gasteiger partial charge in [0, 0.05) is 13.5 Å². The minimum absolute atomic E-state index is 0.280. The summed E-state index contributed by atoms with van der Waals surface area (Å²) in [5, 5.41) is 0. The van der Waals surface area contributed by atoms with Gasteiger partial charge >= 0.3 is 25.7 Å². The van der Waals surface area contributed by atoms with Crippen molar-refractivity contribution in [1.29, 1.82) is 0 Å². The Bertz CT molecular complexity index is 495. The Kier molecular flexibility index (Phi) is 10.1. The van der Waals surface area contributed by atoms with Crippen LogP contribution < -0.4 is 0 Å². The number of hydrogen-bond acceptors (Lipinski definition) is 6. The molecule has 0 aromatic heterocycles. The van der Waals surface area contributed by atoms with Gasteiger partial charge in [-0.2, -0.15) is 0 Å². The second-order valence-corrected chi connectivity index (χ2v) is 22.4. The van der Waals surface area contributed by atoms with Crippen LogP contribution in [-0.2, 0) is 26.3 Å². The van der Waals surface area contributed by atoms with Crippen LogP contribution in [0.5, 0.6) is 0 Å². The predicted molar refractivity (Wildman–Crippen MR) is 115 cm³/mol. The van der Waals surface area contributed by atoms with Gasteiger partial charge in [-0.15, -0.1) is 6.58 Å². The highest BCUT2D eigenvalue weighted by Gasteiger charge is 2.47. The summed E-state index contributed by atoms with van der Waals surface area (Å²) in [6.45, 7) is 21.6. The number of ether oxygens (including phenoxy) is 1. The van der Waals surface area contributed by atoms with Crippen molar-refractivity contribution in [1.82, 2.24) is 0 Å². The maximum Gasteiger partial charge on any atom is 0.368 e. The molecule has 0 rings (SSSR count). The second kappa shape index (κ2) is 10.3. The Balaban J connectivity index is 5.33. The van der Waals surface area contributed by atoms with Crippen molar-refractivity contribution in [3.63, 3.8) is 0 Å². The number of rotatable bonds is 14. The highest BCUT2D eigenvalue weighted by Crippen LogP contribution is 2.27. The maximum atomic E-state index is 10.9. The van der Waals surface area contributed by atoms with Gasteiger partial charge in [-0.25, -0.2) is 0 Å². The minimum Gasteiger partial charge on any atom is -0.497 e. The lowest BCUT2D eigenvalue weighted by molar-refractivity contribution is -0.107. The number of aldehydes is 1. The Morgan fingerprint density at radius 1 is 1.00 bits per heavy atom. The summed E-state index contributed by atoms with van der Waals surface area (Å²) in [5.41, 5.74) is 1.90. The lowest BCUT2D eigenvalue weighted by Crippen LogP contribution is -2.59. The first-order valence-corrected chi connectivity index (χ1v) is 19.6.